The highest BCUT2D eigenvalue weighted by atomic mass is 16.5. The van der Waals surface area contributed by atoms with E-state index in [1.54, 1.807) is 0 Å². The van der Waals surface area contributed by atoms with Crippen molar-refractivity contribution in [2.75, 3.05) is 6.54 Å². The fourth-order valence-electron chi connectivity index (χ4n) is 2.29. The SMILES string of the molecule is CCNC(=O)C1(c2cc(-c3ccccc3)on2)CC1. The first-order chi connectivity index (χ1) is 9.26. The number of likely N-dealkylation sites (N-methyl/N-ethyl adjacent to an activating group) is 1. The molecule has 0 bridgehead atoms. The van der Waals surface area contributed by atoms with Crippen LogP contribution in [0, 0.1) is 0 Å². The van der Waals surface area contributed by atoms with Crippen LogP contribution in [0.4, 0.5) is 0 Å². The summed E-state index contributed by atoms with van der Waals surface area (Å²) in [4.78, 5) is 12.1. The van der Waals surface area contributed by atoms with Gasteiger partial charge in [-0.1, -0.05) is 35.5 Å². The van der Waals surface area contributed by atoms with E-state index in [4.69, 9.17) is 4.52 Å². The Kier molecular flexibility index (Phi) is 2.85. The van der Waals surface area contributed by atoms with Crippen molar-refractivity contribution in [3.63, 3.8) is 0 Å². The molecule has 0 radical (unpaired) electrons. The van der Waals surface area contributed by atoms with Gasteiger partial charge in [0.05, 0.1) is 11.1 Å². The molecule has 3 rings (SSSR count). The summed E-state index contributed by atoms with van der Waals surface area (Å²) in [5.74, 6) is 0.772. The number of aromatic nitrogens is 1. The lowest BCUT2D eigenvalue weighted by Crippen LogP contribution is -2.34. The van der Waals surface area contributed by atoms with E-state index in [9.17, 15) is 4.79 Å². The van der Waals surface area contributed by atoms with Crippen LogP contribution in [0.3, 0.4) is 0 Å². The number of nitrogens with one attached hydrogen (secondary N) is 1. The van der Waals surface area contributed by atoms with E-state index in [1.165, 1.54) is 0 Å². The zero-order chi connectivity index (χ0) is 13.3. The van der Waals surface area contributed by atoms with E-state index in [-0.39, 0.29) is 5.91 Å². The van der Waals surface area contributed by atoms with Gasteiger partial charge < -0.3 is 9.84 Å². The van der Waals surface area contributed by atoms with E-state index in [2.05, 4.69) is 10.5 Å². The molecule has 1 aromatic carbocycles. The van der Waals surface area contributed by atoms with Crippen LogP contribution in [0.1, 0.15) is 25.5 Å². The van der Waals surface area contributed by atoms with E-state index in [1.807, 2.05) is 43.3 Å². The predicted molar refractivity (Wildman–Crippen MR) is 71.5 cm³/mol. The van der Waals surface area contributed by atoms with Crippen molar-refractivity contribution in [1.29, 1.82) is 0 Å². The van der Waals surface area contributed by atoms with E-state index in [0.717, 1.165) is 24.1 Å². The van der Waals surface area contributed by atoms with Gasteiger partial charge in [0.1, 0.15) is 0 Å². The minimum Gasteiger partial charge on any atom is -0.356 e. The third kappa shape index (κ3) is 2.03. The van der Waals surface area contributed by atoms with Gasteiger partial charge in [0.25, 0.3) is 0 Å². The lowest BCUT2D eigenvalue weighted by Gasteiger charge is -2.10. The van der Waals surface area contributed by atoms with Crippen molar-refractivity contribution in [1.82, 2.24) is 10.5 Å². The summed E-state index contributed by atoms with van der Waals surface area (Å²) >= 11 is 0. The molecule has 19 heavy (non-hydrogen) atoms. The molecule has 0 saturated heterocycles. The predicted octanol–water partition coefficient (Wildman–Crippen LogP) is 2.51. The highest BCUT2D eigenvalue weighted by Crippen LogP contribution is 2.48. The van der Waals surface area contributed by atoms with Crippen molar-refractivity contribution >= 4 is 5.91 Å². The van der Waals surface area contributed by atoms with E-state index < -0.39 is 5.41 Å². The summed E-state index contributed by atoms with van der Waals surface area (Å²) in [6.45, 7) is 2.57. The smallest absolute Gasteiger partial charge is 0.232 e. The summed E-state index contributed by atoms with van der Waals surface area (Å²) in [7, 11) is 0. The van der Waals surface area contributed by atoms with Crippen LogP contribution in [0.15, 0.2) is 40.9 Å². The molecule has 2 aromatic rings. The maximum absolute atomic E-state index is 12.1. The minimum absolute atomic E-state index is 0.0583. The van der Waals surface area contributed by atoms with Crippen LogP contribution in [0.5, 0.6) is 0 Å². The van der Waals surface area contributed by atoms with Crippen LogP contribution in [-0.4, -0.2) is 17.6 Å². The number of hydrogen-bond donors (Lipinski definition) is 1. The van der Waals surface area contributed by atoms with Crippen molar-refractivity contribution in [2.45, 2.75) is 25.2 Å². The number of carbonyl (C=O) groups excluding carboxylic acids is 1. The molecule has 98 valence electrons. The molecule has 4 heteroatoms. The maximum atomic E-state index is 12.1. The molecule has 0 unspecified atom stereocenters. The van der Waals surface area contributed by atoms with Gasteiger partial charge >= 0.3 is 0 Å². The topological polar surface area (TPSA) is 55.1 Å². The first-order valence-electron chi connectivity index (χ1n) is 6.57. The first-order valence-corrected chi connectivity index (χ1v) is 6.57. The summed E-state index contributed by atoms with van der Waals surface area (Å²) in [6, 6.07) is 11.7. The standard InChI is InChI=1S/C15H16N2O2/c1-2-16-14(18)15(8-9-15)13-10-12(19-17-13)11-6-4-3-5-7-11/h3-7,10H,2,8-9H2,1H3,(H,16,18). The van der Waals surface area contributed by atoms with Crippen LogP contribution in [0.25, 0.3) is 11.3 Å². The molecule has 1 fully saturated rings. The number of nitrogens with zero attached hydrogens (tertiary/aromatic N) is 1. The summed E-state index contributed by atoms with van der Waals surface area (Å²) in [5.41, 5.74) is 1.28. The Morgan fingerprint density at radius 2 is 2.11 bits per heavy atom. The first kappa shape index (κ1) is 12.0. The average Bonchev–Trinajstić information content (AvgIpc) is 3.11. The van der Waals surface area contributed by atoms with Crippen LogP contribution in [-0.2, 0) is 10.2 Å². The van der Waals surface area contributed by atoms with Gasteiger partial charge in [-0.2, -0.15) is 0 Å². The highest BCUT2D eigenvalue weighted by molar-refractivity contribution is 5.90. The second kappa shape index (κ2) is 4.53. The molecule has 1 saturated carbocycles. The molecule has 1 N–H and O–H groups in total. The zero-order valence-corrected chi connectivity index (χ0v) is 10.8. The molecule has 1 heterocycles. The van der Waals surface area contributed by atoms with Gasteiger partial charge in [0, 0.05) is 18.2 Å². The third-order valence-electron chi connectivity index (χ3n) is 3.58. The number of amides is 1. The van der Waals surface area contributed by atoms with Crippen LogP contribution >= 0.6 is 0 Å². The molecular formula is C15H16N2O2. The number of benzene rings is 1. The minimum atomic E-state index is -0.452. The monoisotopic (exact) mass is 256 g/mol. The molecular weight excluding hydrogens is 240 g/mol. The Hall–Kier alpha value is -2.10. The van der Waals surface area contributed by atoms with Crippen LogP contribution in [0.2, 0.25) is 0 Å². The average molecular weight is 256 g/mol. The van der Waals surface area contributed by atoms with Crippen molar-refractivity contribution in [2.24, 2.45) is 0 Å². The third-order valence-corrected chi connectivity index (χ3v) is 3.58. The van der Waals surface area contributed by atoms with Crippen LogP contribution < -0.4 is 5.32 Å². The van der Waals surface area contributed by atoms with Crippen molar-refractivity contribution in [3.05, 3.63) is 42.1 Å². The van der Waals surface area contributed by atoms with Gasteiger partial charge in [0.15, 0.2) is 5.76 Å². The van der Waals surface area contributed by atoms with E-state index in [0.29, 0.717) is 12.3 Å². The van der Waals surface area contributed by atoms with Gasteiger partial charge in [-0.15, -0.1) is 0 Å². The van der Waals surface area contributed by atoms with Gasteiger partial charge in [-0.25, -0.2) is 0 Å². The molecule has 4 nitrogen and oxygen atoms in total. The second-order valence-electron chi connectivity index (χ2n) is 4.88. The molecule has 0 aliphatic heterocycles. The second-order valence-corrected chi connectivity index (χ2v) is 4.88. The Morgan fingerprint density at radius 1 is 1.37 bits per heavy atom. The quantitative estimate of drug-likeness (QED) is 0.914. The van der Waals surface area contributed by atoms with Crippen molar-refractivity contribution in [3.8, 4) is 11.3 Å². The Bertz CT molecular complexity index is 585. The van der Waals surface area contributed by atoms with Crippen molar-refractivity contribution < 1.29 is 9.32 Å². The lowest BCUT2D eigenvalue weighted by atomic mass is 10.0. The molecule has 1 aliphatic carbocycles. The fourth-order valence-corrected chi connectivity index (χ4v) is 2.29. The zero-order valence-electron chi connectivity index (χ0n) is 10.8. The molecule has 1 aromatic heterocycles. The van der Waals surface area contributed by atoms with E-state index >= 15 is 0 Å². The normalized spacial score (nSPS) is 16.1. The van der Waals surface area contributed by atoms with Gasteiger partial charge in [0.2, 0.25) is 5.91 Å². The van der Waals surface area contributed by atoms with Gasteiger partial charge in [-0.05, 0) is 19.8 Å². The number of hydrogen-bond acceptors (Lipinski definition) is 3. The van der Waals surface area contributed by atoms with Gasteiger partial charge in [-0.3, -0.25) is 4.79 Å². The molecule has 0 atom stereocenters. The maximum Gasteiger partial charge on any atom is 0.232 e. The Labute approximate surface area is 111 Å². The fraction of sp³-hybridized carbons (Fsp3) is 0.333. The molecule has 1 aliphatic rings. The number of rotatable bonds is 4. The Balaban J connectivity index is 1.88. The highest BCUT2D eigenvalue weighted by Gasteiger charge is 2.53. The molecule has 0 spiro atoms. The summed E-state index contributed by atoms with van der Waals surface area (Å²) in [6.07, 6.45) is 1.69. The lowest BCUT2D eigenvalue weighted by molar-refractivity contribution is -0.123. The Morgan fingerprint density at radius 3 is 2.74 bits per heavy atom. The number of carbonyl (C=O) groups is 1. The summed E-state index contributed by atoms with van der Waals surface area (Å²) < 4.78 is 5.38. The summed E-state index contributed by atoms with van der Waals surface area (Å²) in [5, 5.41) is 6.97. The molecule has 1 amide bonds. The largest absolute Gasteiger partial charge is 0.356 e.